The third-order valence-electron chi connectivity index (χ3n) is 8.15. The van der Waals surface area contributed by atoms with E-state index in [4.69, 9.17) is 28.6 Å². The first-order chi connectivity index (χ1) is 20.3. The molecule has 4 aromatic rings. The second-order valence-electron chi connectivity index (χ2n) is 11.3. The van der Waals surface area contributed by atoms with Crippen LogP contribution in [0.25, 0.3) is 5.69 Å². The summed E-state index contributed by atoms with van der Waals surface area (Å²) in [4.78, 5) is 21.5. The van der Waals surface area contributed by atoms with Crippen LogP contribution in [-0.4, -0.2) is 40.8 Å². The second-order valence-corrected chi connectivity index (χ2v) is 12.1. The van der Waals surface area contributed by atoms with Crippen molar-refractivity contribution in [2.75, 3.05) is 30.0 Å². The first-order valence-corrected chi connectivity index (χ1v) is 15.0. The van der Waals surface area contributed by atoms with E-state index in [-0.39, 0.29) is 18.1 Å². The maximum Gasteiger partial charge on any atom is 0.337 e. The molecule has 0 radical (unpaired) electrons. The van der Waals surface area contributed by atoms with Crippen LogP contribution in [0.2, 0.25) is 5.02 Å². The van der Waals surface area contributed by atoms with Gasteiger partial charge in [-0.2, -0.15) is 0 Å². The van der Waals surface area contributed by atoms with E-state index in [1.165, 1.54) is 13.5 Å². The zero-order valence-corrected chi connectivity index (χ0v) is 25.5. The van der Waals surface area contributed by atoms with E-state index in [0.29, 0.717) is 27.5 Å². The number of anilines is 2. The first kappa shape index (κ1) is 28.2. The van der Waals surface area contributed by atoms with E-state index in [2.05, 4.69) is 56.7 Å². The number of rotatable bonds is 6. The average Bonchev–Trinajstić information content (AvgIpc) is 3.61. The van der Waals surface area contributed by atoms with Gasteiger partial charge in [0, 0.05) is 42.6 Å². The molecule has 2 saturated heterocycles. The molecule has 216 valence electrons. The number of carbonyl (C=O) groups excluding carboxylic acids is 1. The van der Waals surface area contributed by atoms with E-state index in [1.54, 1.807) is 12.3 Å². The Kier molecular flexibility index (Phi) is 7.92. The predicted octanol–water partition coefficient (Wildman–Crippen LogP) is 6.97. The van der Waals surface area contributed by atoms with Gasteiger partial charge in [-0.25, -0.2) is 4.79 Å². The molecule has 2 aromatic carbocycles. The number of carbonyl (C=O) groups is 1. The topological polar surface area (TPSA) is 62.6 Å². The van der Waals surface area contributed by atoms with Gasteiger partial charge in [0.15, 0.2) is 5.11 Å². The van der Waals surface area contributed by atoms with E-state index < -0.39 is 0 Å². The van der Waals surface area contributed by atoms with Crippen LogP contribution >= 0.6 is 23.8 Å². The Morgan fingerprint density at radius 2 is 1.81 bits per heavy atom. The third-order valence-corrected chi connectivity index (χ3v) is 8.76. The first-order valence-electron chi connectivity index (χ1n) is 14.2. The van der Waals surface area contributed by atoms with Crippen molar-refractivity contribution in [1.82, 2.24) is 14.9 Å². The lowest BCUT2D eigenvalue weighted by Crippen LogP contribution is -2.38. The number of nitrogens with one attached hydrogen (secondary N) is 1. The van der Waals surface area contributed by atoms with Gasteiger partial charge in [0.05, 0.1) is 35.1 Å². The molecule has 4 atom stereocenters. The standard InChI is InChI=1S/C33H34ClN5O2S/c1-21-16-22(2)20-37(19-21)28-13-12-25(18-26(28)34)39-31(30(36-33(39)42)27-10-4-5-14-35-27)29-11-7-15-38(29)24-9-6-8-23(17-24)32(40)41-3/h4-15,17-18,21-22,30-31H,16,19-20H2,1-3H3,(H,36,42)/t21-,22-,30+,31-/m1/s1. The minimum Gasteiger partial charge on any atom is -0.465 e. The minimum absolute atomic E-state index is 0.224. The molecule has 7 nitrogen and oxygen atoms in total. The Bertz CT molecular complexity index is 1600. The summed E-state index contributed by atoms with van der Waals surface area (Å²) in [6, 6.07) is 23.2. The highest BCUT2D eigenvalue weighted by molar-refractivity contribution is 7.80. The van der Waals surface area contributed by atoms with Gasteiger partial charge < -0.3 is 24.4 Å². The number of nitrogens with zero attached hydrogens (tertiary/aromatic N) is 4. The zero-order valence-electron chi connectivity index (χ0n) is 23.9. The number of ether oxygens (including phenoxy) is 1. The molecular formula is C33H34ClN5O2S. The predicted molar refractivity (Wildman–Crippen MR) is 172 cm³/mol. The van der Waals surface area contributed by atoms with Gasteiger partial charge in [0.25, 0.3) is 0 Å². The molecule has 6 rings (SSSR count). The number of piperidine rings is 1. The zero-order chi connectivity index (χ0) is 29.4. The van der Waals surface area contributed by atoms with Crippen molar-refractivity contribution in [3.05, 3.63) is 107 Å². The molecule has 0 saturated carbocycles. The largest absolute Gasteiger partial charge is 0.465 e. The highest BCUT2D eigenvalue weighted by atomic mass is 35.5. The van der Waals surface area contributed by atoms with Gasteiger partial charge in [-0.1, -0.05) is 37.6 Å². The van der Waals surface area contributed by atoms with E-state index in [9.17, 15) is 4.79 Å². The molecule has 2 aliphatic rings. The summed E-state index contributed by atoms with van der Waals surface area (Å²) in [6.07, 6.45) is 5.03. The maximum atomic E-state index is 12.3. The summed E-state index contributed by atoms with van der Waals surface area (Å²) in [5.74, 6) is 0.858. The van der Waals surface area contributed by atoms with Crippen LogP contribution in [0.3, 0.4) is 0 Å². The third kappa shape index (κ3) is 5.37. The quantitative estimate of drug-likeness (QED) is 0.190. The Hall–Kier alpha value is -3.88. The lowest BCUT2D eigenvalue weighted by molar-refractivity contribution is 0.0600. The maximum absolute atomic E-state index is 12.3. The van der Waals surface area contributed by atoms with E-state index in [0.717, 1.165) is 41.5 Å². The van der Waals surface area contributed by atoms with Crippen molar-refractivity contribution < 1.29 is 9.53 Å². The molecule has 9 heteroatoms. The number of pyridine rings is 1. The highest BCUT2D eigenvalue weighted by Crippen LogP contribution is 2.44. The van der Waals surface area contributed by atoms with Gasteiger partial charge in [0.1, 0.15) is 6.04 Å². The molecule has 0 amide bonds. The number of benzene rings is 2. The number of hydrogen-bond donors (Lipinski definition) is 1. The molecule has 4 heterocycles. The molecule has 1 N–H and O–H groups in total. The molecule has 0 spiro atoms. The normalized spacial score (nSPS) is 22.2. The van der Waals surface area contributed by atoms with Crippen molar-refractivity contribution in [2.24, 2.45) is 11.8 Å². The Morgan fingerprint density at radius 1 is 1.00 bits per heavy atom. The van der Waals surface area contributed by atoms with Crippen molar-refractivity contribution >= 4 is 46.3 Å². The van der Waals surface area contributed by atoms with Gasteiger partial charge in [-0.15, -0.1) is 0 Å². The summed E-state index contributed by atoms with van der Waals surface area (Å²) >= 11 is 13.0. The fourth-order valence-corrected chi connectivity index (χ4v) is 7.11. The van der Waals surface area contributed by atoms with Gasteiger partial charge >= 0.3 is 5.97 Å². The average molecular weight is 600 g/mol. The summed E-state index contributed by atoms with van der Waals surface area (Å²) in [5.41, 5.74) is 5.15. The van der Waals surface area contributed by atoms with Crippen molar-refractivity contribution in [1.29, 1.82) is 0 Å². The summed E-state index contributed by atoms with van der Waals surface area (Å²) < 4.78 is 7.06. The van der Waals surface area contributed by atoms with Crippen LogP contribution in [0.4, 0.5) is 11.4 Å². The van der Waals surface area contributed by atoms with Crippen molar-refractivity contribution in [3.63, 3.8) is 0 Å². The Labute approximate surface area is 257 Å². The Morgan fingerprint density at radius 3 is 2.52 bits per heavy atom. The van der Waals surface area contributed by atoms with Crippen molar-refractivity contribution in [3.8, 4) is 5.69 Å². The van der Waals surface area contributed by atoms with Gasteiger partial charge in [-0.3, -0.25) is 4.98 Å². The number of halogens is 1. The Balaban J connectivity index is 1.43. The summed E-state index contributed by atoms with van der Waals surface area (Å²) in [7, 11) is 1.39. The molecule has 42 heavy (non-hydrogen) atoms. The van der Waals surface area contributed by atoms with Crippen LogP contribution in [0.15, 0.2) is 85.2 Å². The summed E-state index contributed by atoms with van der Waals surface area (Å²) in [6.45, 7) is 6.60. The number of esters is 1. The SMILES string of the molecule is COC(=O)c1cccc(-n2cccc2[C@@H]2[C@H](c3ccccn3)NC(=S)N2c2ccc(N3C[C@H](C)C[C@@H](C)C3)c(Cl)c2)c1. The molecule has 2 fully saturated rings. The second kappa shape index (κ2) is 11.8. The summed E-state index contributed by atoms with van der Waals surface area (Å²) in [5, 5.41) is 4.84. The number of aromatic nitrogens is 2. The minimum atomic E-state index is -0.380. The van der Waals surface area contributed by atoms with Crippen LogP contribution in [0, 0.1) is 11.8 Å². The lowest BCUT2D eigenvalue weighted by Gasteiger charge is -2.37. The number of hydrogen-bond acceptors (Lipinski definition) is 5. The molecule has 0 aliphatic carbocycles. The molecule has 2 aliphatic heterocycles. The fraction of sp³-hybridized carbons (Fsp3) is 0.303. The van der Waals surface area contributed by atoms with E-state index >= 15 is 0 Å². The van der Waals surface area contributed by atoms with Crippen LogP contribution in [0.1, 0.15) is 54.1 Å². The van der Waals surface area contributed by atoms with E-state index in [1.807, 2.05) is 54.7 Å². The molecular weight excluding hydrogens is 566 g/mol. The lowest BCUT2D eigenvalue weighted by atomic mass is 9.91. The van der Waals surface area contributed by atoms with Crippen LogP contribution < -0.4 is 15.1 Å². The highest BCUT2D eigenvalue weighted by Gasteiger charge is 2.42. The van der Waals surface area contributed by atoms with Crippen molar-refractivity contribution in [2.45, 2.75) is 32.4 Å². The smallest absolute Gasteiger partial charge is 0.337 e. The monoisotopic (exact) mass is 599 g/mol. The van der Waals surface area contributed by atoms with Crippen LogP contribution in [-0.2, 0) is 4.74 Å². The number of thiocarbonyl (C=S) groups is 1. The number of methoxy groups -OCH3 is 1. The molecule has 2 aromatic heterocycles. The van der Waals surface area contributed by atoms with Gasteiger partial charge in [-0.05, 0) is 91.1 Å². The van der Waals surface area contributed by atoms with Crippen LogP contribution in [0.5, 0.6) is 0 Å². The molecule has 0 unspecified atom stereocenters. The molecule has 0 bridgehead atoms. The fourth-order valence-electron chi connectivity index (χ4n) is 6.47. The van der Waals surface area contributed by atoms with Gasteiger partial charge in [0.2, 0.25) is 0 Å².